The predicted molar refractivity (Wildman–Crippen MR) is 220 cm³/mol. The van der Waals surface area contributed by atoms with E-state index in [1.165, 1.54) is 11.5 Å². The summed E-state index contributed by atoms with van der Waals surface area (Å²) < 4.78 is 8.88. The molecule has 0 aliphatic carbocycles. The van der Waals surface area contributed by atoms with E-state index in [0.717, 1.165) is 91.0 Å². The number of hydrogen-bond donors (Lipinski definition) is 2. The lowest BCUT2D eigenvalue weighted by Crippen LogP contribution is -2.54. The number of nitrogens with zero attached hydrogens (tertiary/aromatic N) is 8. The van der Waals surface area contributed by atoms with Gasteiger partial charge < -0.3 is 24.4 Å². The van der Waals surface area contributed by atoms with Crippen LogP contribution in [0.15, 0.2) is 53.5 Å². The number of ether oxygens (including phenoxy) is 1. The highest BCUT2D eigenvalue weighted by atomic mass is 35.5. The third kappa shape index (κ3) is 7.77. The van der Waals surface area contributed by atoms with Gasteiger partial charge in [0.2, 0.25) is 17.8 Å². The molecule has 16 heteroatoms. The van der Waals surface area contributed by atoms with E-state index in [0.29, 0.717) is 41.6 Å². The van der Waals surface area contributed by atoms with Gasteiger partial charge in [-0.05, 0) is 69.4 Å². The molecule has 57 heavy (non-hydrogen) atoms. The first kappa shape index (κ1) is 38.3. The number of piperazine rings is 1. The van der Waals surface area contributed by atoms with Crippen molar-refractivity contribution in [2.24, 2.45) is 20.0 Å². The predicted octanol–water partition coefficient (Wildman–Crippen LogP) is 4.53. The molecule has 8 rings (SSSR count). The molecule has 2 atom stereocenters. The zero-order chi connectivity index (χ0) is 40.0. The minimum absolute atomic E-state index is 0.112. The van der Waals surface area contributed by atoms with E-state index in [2.05, 4.69) is 43.3 Å². The molecule has 0 saturated carbocycles. The molecule has 6 heterocycles. The van der Waals surface area contributed by atoms with Gasteiger partial charge in [0.25, 0.3) is 5.56 Å². The number of hydrogen-bond acceptors (Lipinski definition) is 12. The molecule has 0 bridgehead atoms. The van der Waals surface area contributed by atoms with Gasteiger partial charge in [-0.15, -0.1) is 0 Å². The molecule has 15 nitrogen and oxygen atoms in total. The summed E-state index contributed by atoms with van der Waals surface area (Å²) >= 11 is 6.59. The summed E-state index contributed by atoms with van der Waals surface area (Å²) in [6.45, 7) is 8.87. The maximum Gasteiger partial charge on any atom is 0.293 e. The fourth-order valence-electron chi connectivity index (χ4n) is 8.50. The average molecular weight is 795 g/mol. The first-order valence-corrected chi connectivity index (χ1v) is 19.9. The quantitative estimate of drug-likeness (QED) is 0.191. The number of ketones is 1. The van der Waals surface area contributed by atoms with Gasteiger partial charge in [0, 0.05) is 82.3 Å². The van der Waals surface area contributed by atoms with Gasteiger partial charge in [0.05, 0.1) is 34.5 Å². The van der Waals surface area contributed by atoms with Crippen LogP contribution in [0.2, 0.25) is 5.02 Å². The number of Topliss-reactive ketones (excluding diaryl/α,β-unsaturated/α-hetero) is 1. The monoisotopic (exact) mass is 794 g/mol. The number of aromatic nitrogens is 5. The van der Waals surface area contributed by atoms with Crippen LogP contribution in [0.5, 0.6) is 5.75 Å². The van der Waals surface area contributed by atoms with E-state index in [4.69, 9.17) is 26.4 Å². The Bertz CT molecular complexity index is 2440. The first-order valence-electron chi connectivity index (χ1n) is 19.5. The second-order valence-electron chi connectivity index (χ2n) is 15.5. The summed E-state index contributed by atoms with van der Waals surface area (Å²) in [6.07, 6.45) is 4.58. The van der Waals surface area contributed by atoms with Crippen LogP contribution in [-0.2, 0) is 28.5 Å². The van der Waals surface area contributed by atoms with E-state index in [1.807, 2.05) is 42.1 Å². The Kier molecular flexibility index (Phi) is 10.6. The molecule has 3 saturated heterocycles. The normalized spacial score (nSPS) is 19.7. The third-order valence-corrected chi connectivity index (χ3v) is 11.8. The van der Waals surface area contributed by atoms with Crippen molar-refractivity contribution in [3.8, 4) is 5.75 Å². The van der Waals surface area contributed by atoms with Gasteiger partial charge >= 0.3 is 0 Å². The van der Waals surface area contributed by atoms with E-state index < -0.39 is 5.92 Å². The van der Waals surface area contributed by atoms with Crippen molar-refractivity contribution in [3.63, 3.8) is 0 Å². The van der Waals surface area contributed by atoms with Crippen LogP contribution >= 0.6 is 11.6 Å². The van der Waals surface area contributed by atoms with E-state index in [-0.39, 0.29) is 35.5 Å². The zero-order valence-corrected chi connectivity index (χ0v) is 33.4. The zero-order valence-electron chi connectivity index (χ0n) is 32.6. The lowest BCUT2D eigenvalue weighted by atomic mass is 9.92. The van der Waals surface area contributed by atoms with Crippen LogP contribution in [0, 0.1) is 5.92 Å². The molecule has 1 unspecified atom stereocenters. The van der Waals surface area contributed by atoms with Gasteiger partial charge in [-0.25, -0.2) is 4.98 Å². The van der Waals surface area contributed by atoms with Crippen molar-refractivity contribution in [2.75, 3.05) is 61.0 Å². The smallest absolute Gasteiger partial charge is 0.293 e. The highest BCUT2D eigenvalue weighted by Crippen LogP contribution is 2.36. The second kappa shape index (κ2) is 15.8. The molecule has 2 N–H and O–H groups in total. The van der Waals surface area contributed by atoms with E-state index in [9.17, 15) is 19.2 Å². The number of benzene rings is 2. The van der Waals surface area contributed by atoms with Crippen LogP contribution < -0.4 is 30.7 Å². The Balaban J connectivity index is 0.886. The van der Waals surface area contributed by atoms with Gasteiger partial charge in [0.15, 0.2) is 17.4 Å². The number of anilines is 4. The molecule has 3 aliphatic heterocycles. The maximum absolute atomic E-state index is 12.8. The van der Waals surface area contributed by atoms with Crippen molar-refractivity contribution in [2.45, 2.75) is 51.5 Å². The molecule has 2 amide bonds. The summed E-state index contributed by atoms with van der Waals surface area (Å²) in [5.74, 6) is 0.690. The number of carbonyl (C=O) groups is 3. The molecule has 5 aromatic rings. The van der Waals surface area contributed by atoms with Gasteiger partial charge in [0.1, 0.15) is 11.6 Å². The molecule has 2 aromatic carbocycles. The number of nitrogens with one attached hydrogen (secondary N) is 2. The number of aryl methyl sites for hydroxylation is 2. The Hall–Kier alpha value is -5.54. The maximum atomic E-state index is 12.8. The van der Waals surface area contributed by atoms with Crippen molar-refractivity contribution in [1.29, 1.82) is 0 Å². The van der Waals surface area contributed by atoms with Crippen LogP contribution in [-0.4, -0.2) is 98.7 Å². The molecule has 3 aliphatic rings. The average Bonchev–Trinajstić information content (AvgIpc) is 3.53. The number of para-hydroxylation sites is 1. The number of halogens is 1. The van der Waals surface area contributed by atoms with Crippen LogP contribution in [0.4, 0.5) is 23.1 Å². The summed E-state index contributed by atoms with van der Waals surface area (Å²) in [5, 5.41) is 12.7. The number of piperidine rings is 2. The third-order valence-electron chi connectivity index (χ3n) is 11.6. The Morgan fingerprint density at radius 2 is 1.82 bits per heavy atom. The molecule has 0 spiro atoms. The van der Waals surface area contributed by atoms with Gasteiger partial charge in [-0.3, -0.25) is 34.1 Å². The van der Waals surface area contributed by atoms with Crippen molar-refractivity contribution in [1.82, 2.24) is 34.5 Å². The standard InChI is InChI=1S/C41H47ClN10O5/c1-24-21-52(41-43-20-31(42)38(46-41)44-28-8-10-32-27(18-28)19-34(40(56)48(32)3)57-23-25(2)53)17-16-51(24)22-26-12-14-50(15-13-26)33-7-5-6-29-36(47-49(4)37(29)33)30-9-11-35(54)45-39(30)55/h5-8,10,18-20,24,26,30H,9,11-17,21-23H2,1-4H3,(H,43,44,46)(H,45,54,55)/t24-,30?/m0/s1. The highest BCUT2D eigenvalue weighted by Gasteiger charge is 2.33. The molecule has 3 aromatic heterocycles. The number of imide groups is 1. The fourth-order valence-corrected chi connectivity index (χ4v) is 8.63. The Labute approximate surface area is 334 Å². The molecule has 298 valence electrons. The number of fused-ring (bicyclic) bond motifs is 2. The van der Waals surface area contributed by atoms with Crippen LogP contribution in [0.1, 0.15) is 51.1 Å². The van der Waals surface area contributed by atoms with E-state index >= 15 is 0 Å². The SMILES string of the molecule is CC(=O)COc1cc2cc(Nc3nc(N4CCN(CC5CCN(c6cccc7c(C8CCC(=O)NC8=O)nn(C)c67)CC5)[C@@H](C)C4)ncc3Cl)ccc2n(C)c1=O. The minimum atomic E-state index is -0.425. The number of amides is 2. The van der Waals surface area contributed by atoms with Gasteiger partial charge in [-0.2, -0.15) is 10.1 Å². The fraction of sp³-hybridized carbons (Fsp3) is 0.439. The number of pyridine rings is 1. The lowest BCUT2D eigenvalue weighted by Gasteiger charge is -2.43. The van der Waals surface area contributed by atoms with Crippen molar-refractivity contribution < 1.29 is 19.1 Å². The number of rotatable bonds is 10. The van der Waals surface area contributed by atoms with Gasteiger partial charge in [-0.1, -0.05) is 23.7 Å². The highest BCUT2D eigenvalue weighted by molar-refractivity contribution is 6.33. The molecule has 3 fully saturated rings. The number of carbonyl (C=O) groups excluding carboxylic acids is 3. The summed E-state index contributed by atoms with van der Waals surface area (Å²) in [5.41, 5.74) is 4.04. The Morgan fingerprint density at radius 1 is 1.02 bits per heavy atom. The molecular formula is C41H47ClN10O5. The van der Waals surface area contributed by atoms with Crippen molar-refractivity contribution in [3.05, 3.63) is 69.7 Å². The topological polar surface area (TPSA) is 160 Å². The summed E-state index contributed by atoms with van der Waals surface area (Å²) in [7, 11) is 3.61. The summed E-state index contributed by atoms with van der Waals surface area (Å²) in [6, 6.07) is 13.8. The Morgan fingerprint density at radius 3 is 2.58 bits per heavy atom. The van der Waals surface area contributed by atoms with Crippen LogP contribution in [0.25, 0.3) is 21.8 Å². The first-order chi connectivity index (χ1) is 27.4. The van der Waals surface area contributed by atoms with Crippen molar-refractivity contribution >= 4 is 74.1 Å². The molecule has 0 radical (unpaired) electrons. The summed E-state index contributed by atoms with van der Waals surface area (Å²) in [4.78, 5) is 65.4. The molecular weight excluding hydrogens is 748 g/mol. The largest absolute Gasteiger partial charge is 0.480 e. The van der Waals surface area contributed by atoms with E-state index in [1.54, 1.807) is 19.3 Å². The lowest BCUT2D eigenvalue weighted by molar-refractivity contribution is -0.134. The minimum Gasteiger partial charge on any atom is -0.480 e. The second-order valence-corrected chi connectivity index (χ2v) is 15.9. The van der Waals surface area contributed by atoms with Crippen LogP contribution in [0.3, 0.4) is 0 Å².